The van der Waals surface area contributed by atoms with Crippen LogP contribution in [-0.4, -0.2) is 32.0 Å². The van der Waals surface area contributed by atoms with Crippen LogP contribution in [0.3, 0.4) is 0 Å². The molecule has 1 aromatic rings. The molecule has 96 valence electrons. The number of hydrogen-bond acceptors (Lipinski definition) is 3. The number of methoxy groups -OCH3 is 1. The van der Waals surface area contributed by atoms with E-state index in [0.29, 0.717) is 23.0 Å². The number of carbonyl (C=O) groups excluding carboxylic acids is 2. The van der Waals surface area contributed by atoms with Crippen molar-refractivity contribution in [1.29, 1.82) is 0 Å². The largest absolute Gasteiger partial charge is 0.495 e. The van der Waals surface area contributed by atoms with Crippen molar-refractivity contribution in [2.75, 3.05) is 25.1 Å². The molecule has 0 spiro atoms. The SMILES string of the molecule is COc1cc(N2CCC(=O)NCC2=O)ccc1Cl. The zero-order valence-electron chi connectivity index (χ0n) is 9.90. The predicted molar refractivity (Wildman–Crippen MR) is 68.0 cm³/mol. The minimum absolute atomic E-state index is 0.0176. The van der Waals surface area contributed by atoms with Crippen molar-refractivity contribution in [1.82, 2.24) is 5.32 Å². The van der Waals surface area contributed by atoms with Crippen molar-refractivity contribution in [3.8, 4) is 5.75 Å². The van der Waals surface area contributed by atoms with Gasteiger partial charge in [0.05, 0.1) is 18.7 Å². The Hall–Kier alpha value is -1.75. The second-order valence-electron chi connectivity index (χ2n) is 3.89. The van der Waals surface area contributed by atoms with Crippen molar-refractivity contribution in [3.63, 3.8) is 0 Å². The monoisotopic (exact) mass is 268 g/mol. The Bertz CT molecular complexity index is 490. The van der Waals surface area contributed by atoms with Crippen LogP contribution in [0.5, 0.6) is 5.75 Å². The summed E-state index contributed by atoms with van der Waals surface area (Å²) in [4.78, 5) is 24.7. The van der Waals surface area contributed by atoms with E-state index >= 15 is 0 Å². The van der Waals surface area contributed by atoms with E-state index in [1.54, 1.807) is 23.1 Å². The molecule has 1 heterocycles. The third-order valence-corrected chi connectivity index (χ3v) is 3.06. The number of ether oxygens (including phenoxy) is 1. The third kappa shape index (κ3) is 2.56. The van der Waals surface area contributed by atoms with Gasteiger partial charge in [-0.2, -0.15) is 0 Å². The maximum Gasteiger partial charge on any atom is 0.246 e. The first kappa shape index (κ1) is 12.7. The van der Waals surface area contributed by atoms with Gasteiger partial charge in [-0.1, -0.05) is 11.6 Å². The smallest absolute Gasteiger partial charge is 0.246 e. The van der Waals surface area contributed by atoms with Crippen LogP contribution in [0.2, 0.25) is 5.02 Å². The molecule has 2 rings (SSSR count). The molecule has 0 unspecified atom stereocenters. The van der Waals surface area contributed by atoms with Gasteiger partial charge in [-0.3, -0.25) is 9.59 Å². The van der Waals surface area contributed by atoms with Crippen molar-refractivity contribution < 1.29 is 14.3 Å². The summed E-state index contributed by atoms with van der Waals surface area (Å²) in [7, 11) is 1.51. The van der Waals surface area contributed by atoms with Crippen LogP contribution in [0.15, 0.2) is 18.2 Å². The number of anilines is 1. The summed E-state index contributed by atoms with van der Waals surface area (Å²) in [6.45, 7) is 0.374. The first-order valence-corrected chi connectivity index (χ1v) is 5.90. The molecule has 2 amide bonds. The van der Waals surface area contributed by atoms with E-state index in [1.807, 2.05) is 0 Å². The molecule has 0 aliphatic carbocycles. The standard InChI is InChI=1S/C12H13ClN2O3/c1-18-10-6-8(2-3-9(10)13)15-5-4-11(16)14-7-12(15)17/h2-3,6H,4-5,7H2,1H3,(H,14,16). The van der Waals surface area contributed by atoms with Gasteiger partial charge in [0, 0.05) is 24.7 Å². The zero-order chi connectivity index (χ0) is 13.1. The number of nitrogens with one attached hydrogen (secondary N) is 1. The number of carbonyl (C=O) groups is 2. The Labute approximate surface area is 110 Å². The van der Waals surface area contributed by atoms with Crippen molar-refractivity contribution >= 4 is 29.1 Å². The average Bonchev–Trinajstić information content (AvgIpc) is 2.53. The van der Waals surface area contributed by atoms with Gasteiger partial charge in [0.2, 0.25) is 11.8 Å². The summed E-state index contributed by atoms with van der Waals surface area (Å²) in [5.74, 6) is 0.238. The van der Waals surface area contributed by atoms with Crippen LogP contribution < -0.4 is 15.0 Å². The summed E-state index contributed by atoms with van der Waals surface area (Å²) in [5.41, 5.74) is 0.678. The van der Waals surface area contributed by atoms with E-state index in [-0.39, 0.29) is 24.8 Å². The molecule has 0 aromatic heterocycles. The van der Waals surface area contributed by atoms with Crippen molar-refractivity contribution in [2.24, 2.45) is 0 Å². The van der Waals surface area contributed by atoms with Crippen molar-refractivity contribution in [3.05, 3.63) is 23.2 Å². The number of nitrogens with zero attached hydrogens (tertiary/aromatic N) is 1. The topological polar surface area (TPSA) is 58.6 Å². The molecule has 1 saturated heterocycles. The summed E-state index contributed by atoms with van der Waals surface area (Å²) in [6, 6.07) is 5.09. The van der Waals surface area contributed by atoms with Gasteiger partial charge < -0.3 is 15.0 Å². The minimum Gasteiger partial charge on any atom is -0.495 e. The molecule has 1 fully saturated rings. The number of amides is 2. The number of hydrogen-bond donors (Lipinski definition) is 1. The molecule has 5 nitrogen and oxygen atoms in total. The van der Waals surface area contributed by atoms with Gasteiger partial charge in [-0.25, -0.2) is 0 Å². The molecule has 18 heavy (non-hydrogen) atoms. The summed E-state index contributed by atoms with van der Waals surface area (Å²) < 4.78 is 5.11. The fourth-order valence-electron chi connectivity index (χ4n) is 1.79. The maximum atomic E-state index is 11.9. The molecule has 6 heteroatoms. The molecule has 0 radical (unpaired) electrons. The molecule has 1 aliphatic rings. The molecular weight excluding hydrogens is 256 g/mol. The lowest BCUT2D eigenvalue weighted by molar-refractivity contribution is -0.123. The fourth-order valence-corrected chi connectivity index (χ4v) is 1.98. The van der Waals surface area contributed by atoms with Gasteiger partial charge in [0.25, 0.3) is 0 Å². The number of halogens is 1. The van der Waals surface area contributed by atoms with Gasteiger partial charge >= 0.3 is 0 Å². The van der Waals surface area contributed by atoms with Crippen LogP contribution in [-0.2, 0) is 9.59 Å². The Morgan fingerprint density at radius 3 is 2.89 bits per heavy atom. The normalized spacial score (nSPS) is 16.2. The maximum absolute atomic E-state index is 11.9. The Morgan fingerprint density at radius 1 is 1.39 bits per heavy atom. The highest BCUT2D eigenvalue weighted by atomic mass is 35.5. The quantitative estimate of drug-likeness (QED) is 0.877. The first-order valence-electron chi connectivity index (χ1n) is 5.52. The second kappa shape index (κ2) is 5.27. The van der Waals surface area contributed by atoms with E-state index in [2.05, 4.69) is 5.32 Å². The lowest BCUT2D eigenvalue weighted by Gasteiger charge is -2.20. The highest BCUT2D eigenvalue weighted by Gasteiger charge is 2.22. The molecule has 1 aromatic carbocycles. The first-order chi connectivity index (χ1) is 8.61. The molecule has 0 bridgehead atoms. The van der Waals surface area contributed by atoms with Gasteiger partial charge in [-0.15, -0.1) is 0 Å². The zero-order valence-corrected chi connectivity index (χ0v) is 10.7. The van der Waals surface area contributed by atoms with Crippen LogP contribution in [0.4, 0.5) is 5.69 Å². The number of rotatable bonds is 2. The van der Waals surface area contributed by atoms with Gasteiger partial charge in [0.1, 0.15) is 5.75 Å². The van der Waals surface area contributed by atoms with Gasteiger partial charge in [0.15, 0.2) is 0 Å². The lowest BCUT2D eigenvalue weighted by atomic mass is 10.2. The summed E-state index contributed by atoms with van der Waals surface area (Å²) in [6.07, 6.45) is 0.288. The highest BCUT2D eigenvalue weighted by Crippen LogP contribution is 2.29. The fraction of sp³-hybridized carbons (Fsp3) is 0.333. The predicted octanol–water partition coefficient (Wildman–Crippen LogP) is 1.20. The summed E-state index contributed by atoms with van der Waals surface area (Å²) >= 11 is 5.93. The lowest BCUT2D eigenvalue weighted by Crippen LogP contribution is -2.35. The third-order valence-electron chi connectivity index (χ3n) is 2.75. The van der Waals surface area contributed by atoms with Crippen LogP contribution in [0.1, 0.15) is 6.42 Å². The molecular formula is C12H13ClN2O3. The molecule has 0 atom stereocenters. The van der Waals surface area contributed by atoms with Crippen LogP contribution in [0.25, 0.3) is 0 Å². The molecule has 1 N–H and O–H groups in total. The van der Waals surface area contributed by atoms with Crippen molar-refractivity contribution in [2.45, 2.75) is 6.42 Å². The van der Waals surface area contributed by atoms with E-state index in [4.69, 9.17) is 16.3 Å². The van der Waals surface area contributed by atoms with E-state index in [1.165, 1.54) is 7.11 Å². The number of benzene rings is 1. The molecule has 1 aliphatic heterocycles. The van der Waals surface area contributed by atoms with E-state index < -0.39 is 0 Å². The average molecular weight is 269 g/mol. The van der Waals surface area contributed by atoms with Crippen LogP contribution >= 0.6 is 11.6 Å². The Kier molecular flexibility index (Phi) is 3.72. The van der Waals surface area contributed by atoms with E-state index in [9.17, 15) is 9.59 Å². The Balaban J connectivity index is 2.29. The minimum atomic E-state index is -0.148. The van der Waals surface area contributed by atoms with Gasteiger partial charge in [-0.05, 0) is 12.1 Å². The second-order valence-corrected chi connectivity index (χ2v) is 4.30. The molecule has 0 saturated carbocycles. The highest BCUT2D eigenvalue weighted by molar-refractivity contribution is 6.32. The van der Waals surface area contributed by atoms with E-state index in [0.717, 1.165) is 0 Å². The summed E-state index contributed by atoms with van der Waals surface area (Å²) in [5, 5.41) is 3.03. The Morgan fingerprint density at radius 2 is 2.17 bits per heavy atom. The van der Waals surface area contributed by atoms with Crippen LogP contribution in [0, 0.1) is 0 Å².